The van der Waals surface area contributed by atoms with Crippen LogP contribution in [-0.2, 0) is 4.74 Å². The molecule has 5 nitrogen and oxygen atoms in total. The van der Waals surface area contributed by atoms with Crippen LogP contribution in [0.3, 0.4) is 0 Å². The number of hydrogen-bond donors (Lipinski definition) is 1. The summed E-state index contributed by atoms with van der Waals surface area (Å²) in [5, 5.41) is 11.4. The molecule has 1 aliphatic rings. The van der Waals surface area contributed by atoms with Crippen LogP contribution in [0.25, 0.3) is 0 Å². The molecule has 2 atom stereocenters. The molecule has 6 heteroatoms. The number of β-amino-alcohol motifs (C(OH)–C–C–N with tert-alkyl or cyclic N) is 1. The maximum absolute atomic E-state index is 12.6. The molecule has 29 heavy (non-hydrogen) atoms. The molecule has 1 fully saturated rings. The van der Waals surface area contributed by atoms with Gasteiger partial charge in [-0.1, -0.05) is 41.6 Å². The molecule has 1 amide bonds. The second kappa shape index (κ2) is 9.21. The van der Waals surface area contributed by atoms with Gasteiger partial charge >= 0.3 is 6.09 Å². The molecule has 2 unspecified atom stereocenters. The summed E-state index contributed by atoms with van der Waals surface area (Å²) in [7, 11) is 1.60. The minimum Gasteiger partial charge on any atom is -0.497 e. The van der Waals surface area contributed by atoms with E-state index >= 15 is 0 Å². The Kier molecular flexibility index (Phi) is 6.68. The Morgan fingerprint density at radius 2 is 2.03 bits per heavy atom. The van der Waals surface area contributed by atoms with Crippen LogP contribution in [0.4, 0.5) is 4.79 Å². The van der Waals surface area contributed by atoms with Gasteiger partial charge in [0, 0.05) is 17.1 Å². The molecule has 0 bridgehead atoms. The third kappa shape index (κ3) is 5.66. The zero-order valence-electron chi connectivity index (χ0n) is 16.5. The predicted molar refractivity (Wildman–Crippen MR) is 112 cm³/mol. The van der Waals surface area contributed by atoms with Gasteiger partial charge in [-0.25, -0.2) is 4.79 Å². The van der Waals surface area contributed by atoms with Crippen LogP contribution < -0.4 is 4.74 Å². The van der Waals surface area contributed by atoms with Crippen LogP contribution in [0.15, 0.2) is 48.5 Å². The maximum atomic E-state index is 12.6. The Bertz CT molecular complexity index is 918. The largest absolute Gasteiger partial charge is 0.497 e. The van der Waals surface area contributed by atoms with E-state index in [9.17, 15) is 9.90 Å². The second-order valence-corrected chi connectivity index (χ2v) is 7.55. The van der Waals surface area contributed by atoms with Crippen LogP contribution in [0.1, 0.15) is 37.0 Å². The van der Waals surface area contributed by atoms with Crippen molar-refractivity contribution in [3.8, 4) is 17.6 Å². The van der Waals surface area contributed by atoms with Crippen molar-refractivity contribution in [2.45, 2.75) is 31.5 Å². The number of likely N-dealkylation sites (tertiary alicyclic amines) is 1. The van der Waals surface area contributed by atoms with E-state index < -0.39 is 17.8 Å². The topological polar surface area (TPSA) is 59.0 Å². The van der Waals surface area contributed by atoms with Crippen molar-refractivity contribution in [2.75, 3.05) is 20.2 Å². The molecule has 0 radical (unpaired) electrons. The van der Waals surface area contributed by atoms with Crippen LogP contribution >= 0.6 is 11.6 Å². The van der Waals surface area contributed by atoms with Gasteiger partial charge in [-0.3, -0.25) is 0 Å². The number of methoxy groups -OCH3 is 1. The van der Waals surface area contributed by atoms with Crippen molar-refractivity contribution >= 4 is 17.7 Å². The van der Waals surface area contributed by atoms with Crippen molar-refractivity contribution in [1.82, 2.24) is 4.90 Å². The number of nitrogens with zero attached hydrogens (tertiary/aromatic N) is 1. The molecule has 1 saturated heterocycles. The summed E-state index contributed by atoms with van der Waals surface area (Å²) in [6.07, 6.45) is 0.266. The van der Waals surface area contributed by atoms with E-state index in [-0.39, 0.29) is 6.54 Å². The van der Waals surface area contributed by atoms with Crippen LogP contribution in [0.2, 0.25) is 5.02 Å². The van der Waals surface area contributed by atoms with Crippen molar-refractivity contribution in [3.05, 3.63) is 64.7 Å². The van der Waals surface area contributed by atoms with Crippen LogP contribution in [0.5, 0.6) is 5.75 Å². The molecular weight excluding hydrogens is 390 g/mol. The molecule has 0 aromatic heterocycles. The summed E-state index contributed by atoms with van der Waals surface area (Å²) in [5.41, 5.74) is 0.314. The SMILES string of the molecule is COc1ccc(C(C)OC(=O)N2CCCC(O)(C#Cc3cccc(Cl)c3)C2)cc1. The van der Waals surface area contributed by atoms with Gasteiger partial charge in [0.2, 0.25) is 0 Å². The first kappa shape index (κ1) is 21.0. The average molecular weight is 414 g/mol. The first-order chi connectivity index (χ1) is 13.9. The molecule has 1 aliphatic heterocycles. The Hall–Kier alpha value is -2.68. The number of aliphatic hydroxyl groups is 1. The number of carbonyl (C=O) groups excluding carboxylic acids is 1. The Labute approximate surface area is 176 Å². The minimum absolute atomic E-state index is 0.106. The van der Waals surface area contributed by atoms with Gasteiger partial charge in [-0.15, -0.1) is 0 Å². The number of halogens is 1. The van der Waals surface area contributed by atoms with E-state index in [1.807, 2.05) is 43.3 Å². The molecule has 0 spiro atoms. The molecule has 152 valence electrons. The summed E-state index contributed by atoms with van der Waals surface area (Å²) in [4.78, 5) is 14.1. The predicted octanol–water partition coefficient (Wildman–Crippen LogP) is 4.42. The lowest BCUT2D eigenvalue weighted by atomic mass is 9.93. The molecule has 3 rings (SSSR count). The lowest BCUT2D eigenvalue weighted by Crippen LogP contribution is -2.49. The third-order valence-corrected chi connectivity index (χ3v) is 5.09. The van der Waals surface area contributed by atoms with E-state index in [4.69, 9.17) is 21.1 Å². The third-order valence-electron chi connectivity index (χ3n) is 4.86. The lowest BCUT2D eigenvalue weighted by Gasteiger charge is -2.35. The zero-order valence-corrected chi connectivity index (χ0v) is 17.3. The summed E-state index contributed by atoms with van der Waals surface area (Å²) in [5.74, 6) is 6.61. The highest BCUT2D eigenvalue weighted by atomic mass is 35.5. The van der Waals surface area contributed by atoms with E-state index in [0.29, 0.717) is 24.4 Å². The van der Waals surface area contributed by atoms with Gasteiger partial charge in [0.1, 0.15) is 17.5 Å². The highest BCUT2D eigenvalue weighted by molar-refractivity contribution is 6.30. The van der Waals surface area contributed by atoms with Crippen LogP contribution in [0, 0.1) is 11.8 Å². The number of piperidine rings is 1. The minimum atomic E-state index is -1.27. The first-order valence-corrected chi connectivity index (χ1v) is 9.87. The summed E-state index contributed by atoms with van der Waals surface area (Å²) in [6, 6.07) is 14.5. The Balaban J connectivity index is 1.64. The van der Waals surface area contributed by atoms with Gasteiger partial charge in [-0.2, -0.15) is 0 Å². The van der Waals surface area contributed by atoms with Gasteiger partial charge in [0.05, 0.1) is 13.7 Å². The number of rotatable bonds is 3. The number of benzene rings is 2. The van der Waals surface area contributed by atoms with E-state index in [2.05, 4.69) is 11.8 Å². The van der Waals surface area contributed by atoms with E-state index in [1.165, 1.54) is 4.90 Å². The van der Waals surface area contributed by atoms with Crippen molar-refractivity contribution < 1.29 is 19.4 Å². The number of amides is 1. The molecule has 0 aliphatic carbocycles. The summed E-state index contributed by atoms with van der Waals surface area (Å²) >= 11 is 5.97. The molecule has 0 saturated carbocycles. The normalized spacial score (nSPS) is 19.7. The van der Waals surface area contributed by atoms with Gasteiger partial charge in [0.25, 0.3) is 0 Å². The zero-order chi connectivity index (χ0) is 20.9. The fourth-order valence-corrected chi connectivity index (χ4v) is 3.41. The molecule has 2 aromatic rings. The fraction of sp³-hybridized carbons (Fsp3) is 0.348. The number of carbonyl (C=O) groups is 1. The summed E-state index contributed by atoms with van der Waals surface area (Å²) in [6.45, 7) is 2.44. The van der Waals surface area contributed by atoms with E-state index in [0.717, 1.165) is 16.9 Å². The van der Waals surface area contributed by atoms with Crippen molar-refractivity contribution in [3.63, 3.8) is 0 Å². The monoisotopic (exact) mass is 413 g/mol. The quantitative estimate of drug-likeness (QED) is 0.756. The smallest absolute Gasteiger partial charge is 0.410 e. The average Bonchev–Trinajstić information content (AvgIpc) is 2.72. The lowest BCUT2D eigenvalue weighted by molar-refractivity contribution is 0.00189. The maximum Gasteiger partial charge on any atom is 0.410 e. The van der Waals surface area contributed by atoms with Crippen LogP contribution in [-0.4, -0.2) is 41.9 Å². The van der Waals surface area contributed by atoms with Crippen molar-refractivity contribution in [1.29, 1.82) is 0 Å². The number of hydrogen-bond acceptors (Lipinski definition) is 4. The van der Waals surface area contributed by atoms with Crippen molar-refractivity contribution in [2.24, 2.45) is 0 Å². The number of ether oxygens (including phenoxy) is 2. The molecule has 1 N–H and O–H groups in total. The summed E-state index contributed by atoms with van der Waals surface area (Å²) < 4.78 is 10.7. The highest BCUT2D eigenvalue weighted by Crippen LogP contribution is 2.25. The molecule has 2 aromatic carbocycles. The highest BCUT2D eigenvalue weighted by Gasteiger charge is 2.35. The van der Waals surface area contributed by atoms with Gasteiger partial charge in [-0.05, 0) is 55.7 Å². The second-order valence-electron chi connectivity index (χ2n) is 7.12. The molecule has 1 heterocycles. The van der Waals surface area contributed by atoms with Gasteiger partial charge in [0.15, 0.2) is 0 Å². The first-order valence-electron chi connectivity index (χ1n) is 9.49. The van der Waals surface area contributed by atoms with Gasteiger partial charge < -0.3 is 19.5 Å². The standard InChI is InChI=1S/C23H24ClNO4/c1-17(19-7-9-21(28-2)10-8-19)29-22(26)25-14-4-12-23(27,16-25)13-11-18-5-3-6-20(24)15-18/h3,5-10,15,17,27H,4,12,14,16H2,1-2H3. The Morgan fingerprint density at radius 3 is 2.72 bits per heavy atom. The fourth-order valence-electron chi connectivity index (χ4n) is 3.22. The van der Waals surface area contributed by atoms with E-state index in [1.54, 1.807) is 19.2 Å². The molecular formula is C23H24ClNO4. The Morgan fingerprint density at radius 1 is 1.28 bits per heavy atom.